The van der Waals surface area contributed by atoms with Crippen LogP contribution in [0, 0.1) is 0 Å². The summed E-state index contributed by atoms with van der Waals surface area (Å²) in [7, 11) is 1.79. The number of hydrogen-bond donors (Lipinski definition) is 2. The van der Waals surface area contributed by atoms with Crippen LogP contribution in [0.4, 0.5) is 5.69 Å². The Morgan fingerprint density at radius 2 is 1.81 bits per heavy atom. The van der Waals surface area contributed by atoms with E-state index in [1.807, 2.05) is 24.3 Å². The number of carbonyl (C=O) groups excluding carboxylic acids is 2. The largest absolute Gasteiger partial charge is 0.342 e. The summed E-state index contributed by atoms with van der Waals surface area (Å²) in [6, 6.07) is 12.0. The minimum Gasteiger partial charge on any atom is -0.342 e. The number of amides is 2. The maximum Gasteiger partial charge on any atom is 0.251 e. The van der Waals surface area contributed by atoms with E-state index in [-0.39, 0.29) is 17.6 Å². The molecule has 2 N–H and O–H groups in total. The van der Waals surface area contributed by atoms with E-state index in [9.17, 15) is 9.59 Å². The first kappa shape index (κ1) is 24.1. The Labute approximate surface area is 200 Å². The third kappa shape index (κ3) is 6.03. The van der Waals surface area contributed by atoms with Gasteiger partial charge in [0.1, 0.15) is 0 Å². The number of thioether (sulfide) groups is 1. The van der Waals surface area contributed by atoms with Crippen molar-refractivity contribution in [2.24, 2.45) is 7.05 Å². The molecule has 0 radical (unpaired) electrons. The second-order valence-electron chi connectivity index (χ2n) is 7.11. The van der Waals surface area contributed by atoms with E-state index in [1.165, 1.54) is 23.4 Å². The van der Waals surface area contributed by atoms with Gasteiger partial charge in [0, 0.05) is 18.3 Å². The molecule has 2 amide bonds. The molecule has 0 aliphatic rings. The Kier molecular flexibility index (Phi) is 8.17. The van der Waals surface area contributed by atoms with Crippen molar-refractivity contribution in [2.45, 2.75) is 31.5 Å². The average Bonchev–Trinajstić information content (AvgIpc) is 3.15. The lowest BCUT2D eigenvalue weighted by Crippen LogP contribution is -2.28. The summed E-state index contributed by atoms with van der Waals surface area (Å²) in [5.74, 6) is 0.314. The highest BCUT2D eigenvalue weighted by Crippen LogP contribution is 2.24. The van der Waals surface area contributed by atoms with Crippen LogP contribution in [0.15, 0.2) is 47.6 Å². The molecule has 3 rings (SSSR count). The van der Waals surface area contributed by atoms with Crippen LogP contribution in [0.1, 0.15) is 41.6 Å². The molecule has 1 atom stereocenters. The lowest BCUT2D eigenvalue weighted by Gasteiger charge is -2.14. The number of nitrogens with zero attached hydrogens (tertiary/aromatic N) is 3. The number of carbonyl (C=O) groups is 2. The van der Waals surface area contributed by atoms with Gasteiger partial charge in [0.25, 0.3) is 5.91 Å². The number of rotatable bonds is 8. The molecule has 3 aromatic rings. The SMILES string of the molecule is CCc1ccc(NC(=O)CSc2nnc([C@H](C)NC(=O)c3ccc(Cl)c(Cl)c3)n2C)cc1. The van der Waals surface area contributed by atoms with Gasteiger partial charge >= 0.3 is 0 Å². The third-order valence-corrected chi connectivity index (χ3v) is 6.52. The fourth-order valence-corrected chi connectivity index (χ4v) is 3.98. The van der Waals surface area contributed by atoms with Gasteiger partial charge in [-0.1, -0.05) is 54.0 Å². The molecule has 1 heterocycles. The molecule has 10 heteroatoms. The summed E-state index contributed by atoms with van der Waals surface area (Å²) in [5, 5.41) is 15.3. The van der Waals surface area contributed by atoms with Gasteiger partial charge in [-0.25, -0.2) is 0 Å². The molecule has 0 saturated carbocycles. The molecule has 0 fully saturated rings. The lowest BCUT2D eigenvalue weighted by molar-refractivity contribution is -0.113. The fraction of sp³-hybridized carbons (Fsp3) is 0.273. The van der Waals surface area contributed by atoms with Crippen molar-refractivity contribution >= 4 is 52.5 Å². The van der Waals surface area contributed by atoms with Gasteiger partial charge in [-0.2, -0.15) is 0 Å². The highest BCUT2D eigenvalue weighted by molar-refractivity contribution is 7.99. The molecule has 32 heavy (non-hydrogen) atoms. The Balaban J connectivity index is 1.57. The quantitative estimate of drug-likeness (QED) is 0.437. The van der Waals surface area contributed by atoms with E-state index in [0.29, 0.717) is 26.6 Å². The zero-order chi connectivity index (χ0) is 23.3. The number of aryl methyl sites for hydroxylation is 1. The van der Waals surface area contributed by atoms with Gasteiger partial charge in [-0.05, 0) is 49.2 Å². The van der Waals surface area contributed by atoms with E-state index in [1.54, 1.807) is 30.7 Å². The van der Waals surface area contributed by atoms with Crippen LogP contribution in [-0.4, -0.2) is 32.3 Å². The lowest BCUT2D eigenvalue weighted by atomic mass is 10.1. The molecule has 0 spiro atoms. The van der Waals surface area contributed by atoms with Crippen molar-refractivity contribution in [1.82, 2.24) is 20.1 Å². The topological polar surface area (TPSA) is 88.9 Å². The summed E-state index contributed by atoms with van der Waals surface area (Å²) in [6.45, 7) is 3.89. The second kappa shape index (κ2) is 10.8. The van der Waals surface area contributed by atoms with Crippen LogP contribution >= 0.6 is 35.0 Å². The molecule has 0 aliphatic carbocycles. The van der Waals surface area contributed by atoms with Crippen LogP contribution in [0.3, 0.4) is 0 Å². The zero-order valence-electron chi connectivity index (χ0n) is 17.9. The number of hydrogen-bond acceptors (Lipinski definition) is 5. The monoisotopic (exact) mass is 491 g/mol. The highest BCUT2D eigenvalue weighted by atomic mass is 35.5. The Morgan fingerprint density at radius 1 is 1.09 bits per heavy atom. The Bertz CT molecular complexity index is 1120. The fourth-order valence-electron chi connectivity index (χ4n) is 2.96. The molecule has 0 saturated heterocycles. The first-order valence-electron chi connectivity index (χ1n) is 9.95. The van der Waals surface area contributed by atoms with Crippen molar-refractivity contribution in [3.8, 4) is 0 Å². The van der Waals surface area contributed by atoms with Crippen LogP contribution in [0.5, 0.6) is 0 Å². The Hall–Kier alpha value is -2.55. The molecule has 0 bridgehead atoms. The van der Waals surface area contributed by atoms with E-state index in [0.717, 1.165) is 12.1 Å². The maximum absolute atomic E-state index is 12.5. The first-order chi connectivity index (χ1) is 15.3. The molecule has 7 nitrogen and oxygen atoms in total. The van der Waals surface area contributed by atoms with Gasteiger partial charge < -0.3 is 15.2 Å². The predicted molar refractivity (Wildman–Crippen MR) is 129 cm³/mol. The summed E-state index contributed by atoms with van der Waals surface area (Å²) >= 11 is 13.2. The third-order valence-electron chi connectivity index (χ3n) is 4.76. The summed E-state index contributed by atoms with van der Waals surface area (Å²) < 4.78 is 1.76. The van der Waals surface area contributed by atoms with Crippen LogP contribution in [0.2, 0.25) is 10.0 Å². The van der Waals surface area contributed by atoms with Crippen molar-refractivity contribution < 1.29 is 9.59 Å². The molecule has 0 aliphatic heterocycles. The van der Waals surface area contributed by atoms with Crippen molar-refractivity contribution in [1.29, 1.82) is 0 Å². The van der Waals surface area contributed by atoms with E-state index >= 15 is 0 Å². The average molecular weight is 492 g/mol. The zero-order valence-corrected chi connectivity index (χ0v) is 20.2. The standard InChI is InChI=1S/C22H23Cl2N5O2S/c1-4-14-5-8-16(9-6-14)26-19(30)12-32-22-28-27-20(29(22)3)13(2)25-21(31)15-7-10-17(23)18(24)11-15/h5-11,13H,4,12H2,1-3H3,(H,25,31)(H,26,30)/t13-/m0/s1. The molecule has 1 aromatic heterocycles. The van der Waals surface area contributed by atoms with E-state index in [2.05, 4.69) is 27.8 Å². The minimum absolute atomic E-state index is 0.134. The van der Waals surface area contributed by atoms with E-state index < -0.39 is 6.04 Å². The second-order valence-corrected chi connectivity index (χ2v) is 8.87. The summed E-state index contributed by atoms with van der Waals surface area (Å²) in [5.41, 5.74) is 2.36. The van der Waals surface area contributed by atoms with Crippen LogP contribution < -0.4 is 10.6 Å². The predicted octanol–water partition coefficient (Wildman–Crippen LogP) is 4.91. The van der Waals surface area contributed by atoms with Gasteiger partial charge in [0.2, 0.25) is 5.91 Å². The van der Waals surface area contributed by atoms with Crippen LogP contribution in [-0.2, 0) is 18.3 Å². The number of anilines is 1. The molecule has 168 valence electrons. The smallest absolute Gasteiger partial charge is 0.251 e. The maximum atomic E-state index is 12.5. The van der Waals surface area contributed by atoms with Crippen LogP contribution in [0.25, 0.3) is 0 Å². The normalized spacial score (nSPS) is 11.8. The van der Waals surface area contributed by atoms with Crippen molar-refractivity contribution in [3.63, 3.8) is 0 Å². The molecular formula is C22H23Cl2N5O2S. The Morgan fingerprint density at radius 3 is 2.47 bits per heavy atom. The number of benzene rings is 2. The van der Waals surface area contributed by atoms with Crippen molar-refractivity contribution in [2.75, 3.05) is 11.1 Å². The van der Waals surface area contributed by atoms with Gasteiger partial charge in [0.05, 0.1) is 21.8 Å². The highest BCUT2D eigenvalue weighted by Gasteiger charge is 2.19. The number of halogens is 2. The van der Waals surface area contributed by atoms with Gasteiger partial charge in [-0.3, -0.25) is 9.59 Å². The van der Waals surface area contributed by atoms with Gasteiger partial charge in [-0.15, -0.1) is 10.2 Å². The first-order valence-corrected chi connectivity index (χ1v) is 11.7. The van der Waals surface area contributed by atoms with E-state index in [4.69, 9.17) is 23.2 Å². The van der Waals surface area contributed by atoms with Crippen molar-refractivity contribution in [3.05, 3.63) is 69.5 Å². The molecule has 0 unspecified atom stereocenters. The summed E-state index contributed by atoms with van der Waals surface area (Å²) in [4.78, 5) is 24.8. The number of nitrogens with one attached hydrogen (secondary N) is 2. The number of aromatic nitrogens is 3. The van der Waals surface area contributed by atoms with Gasteiger partial charge in [0.15, 0.2) is 11.0 Å². The molecule has 2 aromatic carbocycles. The molecular weight excluding hydrogens is 469 g/mol. The minimum atomic E-state index is -0.408. The summed E-state index contributed by atoms with van der Waals surface area (Å²) in [6.07, 6.45) is 0.949.